The lowest BCUT2D eigenvalue weighted by atomic mass is 9.88. The molecule has 37 heavy (non-hydrogen) atoms. The highest BCUT2D eigenvalue weighted by molar-refractivity contribution is 7.89. The number of rotatable bonds is 8. The number of carbonyl (C=O) groups is 2. The number of nitrogens with zero attached hydrogens (tertiary/aromatic N) is 1. The van der Waals surface area contributed by atoms with Gasteiger partial charge in [0.05, 0.1) is 17.6 Å². The molecule has 196 valence electrons. The predicted octanol–water partition coefficient (Wildman–Crippen LogP) is 5.51. The lowest BCUT2D eigenvalue weighted by molar-refractivity contribution is 0.0600. The third-order valence-corrected chi connectivity index (χ3v) is 9.81. The third-order valence-electron chi connectivity index (χ3n) is 6.61. The van der Waals surface area contributed by atoms with Crippen molar-refractivity contribution in [2.24, 2.45) is 5.92 Å². The molecule has 1 aromatic heterocycles. The van der Waals surface area contributed by atoms with Gasteiger partial charge >= 0.3 is 5.97 Å². The topological polar surface area (TPSA) is 92.8 Å². The van der Waals surface area contributed by atoms with Gasteiger partial charge in [0.1, 0.15) is 5.00 Å². The second-order valence-electron chi connectivity index (χ2n) is 9.66. The Morgan fingerprint density at radius 1 is 1.11 bits per heavy atom. The van der Waals surface area contributed by atoms with Crippen LogP contribution >= 0.6 is 11.3 Å². The van der Waals surface area contributed by atoms with Crippen LogP contribution in [0.2, 0.25) is 0 Å². The van der Waals surface area contributed by atoms with Crippen molar-refractivity contribution in [3.63, 3.8) is 0 Å². The molecule has 1 amide bonds. The van der Waals surface area contributed by atoms with Crippen LogP contribution in [-0.2, 0) is 34.1 Å². The zero-order valence-electron chi connectivity index (χ0n) is 21.5. The summed E-state index contributed by atoms with van der Waals surface area (Å²) in [4.78, 5) is 26.8. The first kappa shape index (κ1) is 27.0. The van der Waals surface area contributed by atoms with E-state index in [1.807, 2.05) is 44.2 Å². The minimum atomic E-state index is -3.79. The number of ether oxygens (including phenoxy) is 1. The van der Waals surface area contributed by atoms with Crippen molar-refractivity contribution in [3.05, 3.63) is 81.7 Å². The Bertz CT molecular complexity index is 1380. The predicted molar refractivity (Wildman–Crippen MR) is 146 cm³/mol. The second-order valence-corrected chi connectivity index (χ2v) is 12.7. The first-order valence-corrected chi connectivity index (χ1v) is 14.6. The number of sulfonamides is 1. The number of nitrogens with one attached hydrogen (secondary N) is 1. The number of fused-ring (bicyclic) bond motifs is 1. The highest BCUT2D eigenvalue weighted by atomic mass is 32.2. The zero-order valence-corrected chi connectivity index (χ0v) is 23.1. The van der Waals surface area contributed by atoms with Gasteiger partial charge in [0.25, 0.3) is 5.91 Å². The van der Waals surface area contributed by atoms with Crippen LogP contribution in [0.1, 0.15) is 63.9 Å². The highest BCUT2D eigenvalue weighted by Gasteiger charge is 2.30. The number of amides is 1. The Morgan fingerprint density at radius 2 is 1.78 bits per heavy atom. The minimum absolute atomic E-state index is 0.115. The van der Waals surface area contributed by atoms with Crippen LogP contribution in [-0.4, -0.2) is 37.8 Å². The Kier molecular flexibility index (Phi) is 8.16. The third kappa shape index (κ3) is 5.79. The largest absolute Gasteiger partial charge is 0.465 e. The van der Waals surface area contributed by atoms with Gasteiger partial charge in [0.15, 0.2) is 0 Å². The van der Waals surface area contributed by atoms with E-state index in [9.17, 15) is 18.0 Å². The molecule has 1 unspecified atom stereocenters. The summed E-state index contributed by atoms with van der Waals surface area (Å²) in [6.07, 6.45) is 2.62. The van der Waals surface area contributed by atoms with E-state index in [1.54, 1.807) is 0 Å². The van der Waals surface area contributed by atoms with Crippen molar-refractivity contribution in [3.8, 4) is 0 Å². The molecule has 0 aliphatic heterocycles. The molecule has 0 saturated carbocycles. The molecular weight excluding hydrogens is 508 g/mol. The molecule has 0 bridgehead atoms. The summed E-state index contributed by atoms with van der Waals surface area (Å²) in [5.74, 6) is -0.358. The van der Waals surface area contributed by atoms with Crippen LogP contribution in [0, 0.1) is 5.92 Å². The summed E-state index contributed by atoms with van der Waals surface area (Å²) in [6.45, 7) is 6.10. The fourth-order valence-corrected chi connectivity index (χ4v) is 7.57. The van der Waals surface area contributed by atoms with Gasteiger partial charge in [-0.3, -0.25) is 4.79 Å². The van der Waals surface area contributed by atoms with Gasteiger partial charge in [-0.1, -0.05) is 37.3 Å². The molecule has 3 aromatic rings. The number of methoxy groups -OCH3 is 1. The Balaban J connectivity index is 1.56. The number of hydrogen-bond acceptors (Lipinski definition) is 6. The number of benzene rings is 2. The molecule has 1 aliphatic carbocycles. The molecule has 7 nitrogen and oxygen atoms in total. The molecule has 2 aromatic carbocycles. The van der Waals surface area contributed by atoms with Gasteiger partial charge in [0.2, 0.25) is 10.0 Å². The molecule has 0 radical (unpaired) electrons. The Hall–Kier alpha value is -3.01. The molecule has 0 spiro atoms. The summed E-state index contributed by atoms with van der Waals surface area (Å²) in [7, 11) is -2.45. The molecule has 1 aliphatic rings. The summed E-state index contributed by atoms with van der Waals surface area (Å²) in [5.41, 5.74) is 2.58. The summed E-state index contributed by atoms with van der Waals surface area (Å²) >= 11 is 1.41. The number of carbonyl (C=O) groups excluding carboxylic acids is 2. The van der Waals surface area contributed by atoms with Crippen LogP contribution in [0.25, 0.3) is 0 Å². The number of anilines is 1. The smallest absolute Gasteiger partial charge is 0.341 e. The average Bonchev–Trinajstić information content (AvgIpc) is 3.23. The van der Waals surface area contributed by atoms with Crippen molar-refractivity contribution in [2.75, 3.05) is 12.4 Å². The average molecular weight is 541 g/mol. The van der Waals surface area contributed by atoms with E-state index in [4.69, 9.17) is 4.74 Å². The van der Waals surface area contributed by atoms with Crippen LogP contribution in [0.3, 0.4) is 0 Å². The van der Waals surface area contributed by atoms with Crippen LogP contribution in [0.5, 0.6) is 0 Å². The molecule has 1 heterocycles. The molecule has 4 rings (SSSR count). The van der Waals surface area contributed by atoms with Crippen molar-refractivity contribution in [1.82, 2.24) is 4.31 Å². The van der Waals surface area contributed by atoms with Crippen molar-refractivity contribution in [1.29, 1.82) is 0 Å². The van der Waals surface area contributed by atoms with Gasteiger partial charge in [-0.2, -0.15) is 4.31 Å². The van der Waals surface area contributed by atoms with Gasteiger partial charge in [0, 0.05) is 23.0 Å². The first-order valence-electron chi connectivity index (χ1n) is 12.3. The van der Waals surface area contributed by atoms with Crippen molar-refractivity contribution in [2.45, 2.75) is 57.5 Å². The van der Waals surface area contributed by atoms with E-state index in [2.05, 4.69) is 12.2 Å². The van der Waals surface area contributed by atoms with E-state index in [0.29, 0.717) is 22.0 Å². The first-order chi connectivity index (χ1) is 17.6. The van der Waals surface area contributed by atoms with Gasteiger partial charge in [-0.05, 0) is 74.4 Å². The maximum atomic E-state index is 13.4. The van der Waals surface area contributed by atoms with E-state index in [-0.39, 0.29) is 17.5 Å². The zero-order chi connectivity index (χ0) is 26.7. The van der Waals surface area contributed by atoms with Crippen molar-refractivity contribution < 1.29 is 22.7 Å². The lowest BCUT2D eigenvalue weighted by Gasteiger charge is -2.26. The molecule has 0 fully saturated rings. The monoisotopic (exact) mass is 540 g/mol. The van der Waals surface area contributed by atoms with E-state index < -0.39 is 21.9 Å². The summed E-state index contributed by atoms with van der Waals surface area (Å²) in [5, 5.41) is 3.34. The number of hydrogen-bond donors (Lipinski definition) is 1. The Morgan fingerprint density at radius 3 is 2.41 bits per heavy atom. The highest BCUT2D eigenvalue weighted by Crippen LogP contribution is 2.40. The molecule has 1 N–H and O–H groups in total. The van der Waals surface area contributed by atoms with E-state index in [0.717, 1.165) is 35.3 Å². The molecule has 9 heteroatoms. The quantitative estimate of drug-likeness (QED) is 0.380. The van der Waals surface area contributed by atoms with Crippen LogP contribution < -0.4 is 5.32 Å². The standard InChI is InChI=1S/C28H32N2O5S2/c1-18(2)30(17-20-8-6-5-7-9-20)37(33,34)22-13-11-21(12-14-22)26(31)29-27-25(28(32)35-4)23-15-10-19(3)16-24(23)36-27/h5-9,11-14,18-19H,10,15-17H2,1-4H3,(H,29,31). The number of thiophene rings is 1. The van der Waals surface area contributed by atoms with Gasteiger partial charge < -0.3 is 10.1 Å². The van der Waals surface area contributed by atoms with E-state index >= 15 is 0 Å². The van der Waals surface area contributed by atoms with Gasteiger partial charge in [-0.25, -0.2) is 13.2 Å². The van der Waals surface area contributed by atoms with Crippen LogP contribution in [0.4, 0.5) is 5.00 Å². The fraction of sp³-hybridized carbons (Fsp3) is 0.357. The minimum Gasteiger partial charge on any atom is -0.465 e. The molecule has 0 saturated heterocycles. The summed E-state index contributed by atoms with van der Waals surface area (Å²) < 4.78 is 33.3. The maximum Gasteiger partial charge on any atom is 0.341 e. The normalized spacial score (nSPS) is 15.5. The van der Waals surface area contributed by atoms with E-state index in [1.165, 1.54) is 47.0 Å². The molecular formula is C28H32N2O5S2. The maximum absolute atomic E-state index is 13.4. The lowest BCUT2D eigenvalue weighted by Crippen LogP contribution is -2.36. The fourth-order valence-electron chi connectivity index (χ4n) is 4.55. The Labute approximate surface area is 222 Å². The van der Waals surface area contributed by atoms with Crippen molar-refractivity contribution >= 4 is 38.2 Å². The SMILES string of the molecule is COC(=O)c1c(NC(=O)c2ccc(S(=O)(=O)N(Cc3ccccc3)C(C)C)cc2)sc2c1CCC(C)C2. The summed E-state index contributed by atoms with van der Waals surface area (Å²) in [6, 6.07) is 15.1. The van der Waals surface area contributed by atoms with Gasteiger partial charge in [-0.15, -0.1) is 11.3 Å². The molecule has 1 atom stereocenters. The second kappa shape index (κ2) is 11.2. The number of esters is 1. The van der Waals surface area contributed by atoms with Crippen LogP contribution in [0.15, 0.2) is 59.5 Å².